The zero-order valence-corrected chi connectivity index (χ0v) is 17.1. The number of phosphoric acid groups is 2. The van der Waals surface area contributed by atoms with Gasteiger partial charge < -0.3 is 35.4 Å². The molecule has 162 valence electrons. The second-order valence-corrected chi connectivity index (χ2v) is 9.41. The van der Waals surface area contributed by atoms with Gasteiger partial charge in [-0.25, -0.2) is 24.1 Å². The number of aromatic nitrogens is 4. The molecule has 1 saturated heterocycles. The van der Waals surface area contributed by atoms with Crippen LogP contribution in [-0.2, 0) is 22.7 Å². The first-order valence-electron chi connectivity index (χ1n) is 7.71. The van der Waals surface area contributed by atoms with Crippen LogP contribution in [-0.4, -0.2) is 75.6 Å². The molecule has 5 atom stereocenters. The van der Waals surface area contributed by atoms with E-state index in [4.69, 9.17) is 20.3 Å². The largest absolute Gasteiger partial charge is 0.481 e. The number of nitrogens with zero attached hydrogens (tertiary/aromatic N) is 4. The van der Waals surface area contributed by atoms with Gasteiger partial charge in [0.2, 0.25) is 0 Å². The molecule has 7 N–H and O–H groups in total. The highest BCUT2D eigenvalue weighted by Gasteiger charge is 2.46. The van der Waals surface area contributed by atoms with Crippen molar-refractivity contribution in [3.8, 4) is 0 Å². The number of aliphatic hydroxyl groups excluding tert-OH is 2. The van der Waals surface area contributed by atoms with Crippen LogP contribution in [0.3, 0.4) is 0 Å². The lowest BCUT2D eigenvalue weighted by atomic mass is 10.1. The van der Waals surface area contributed by atoms with Gasteiger partial charge in [0.1, 0.15) is 23.8 Å². The monoisotopic (exact) mass is 473 g/mol. The van der Waals surface area contributed by atoms with Crippen molar-refractivity contribution in [2.45, 2.75) is 29.7 Å². The molecule has 1 aliphatic heterocycles. The van der Waals surface area contributed by atoms with E-state index in [2.05, 4.69) is 23.8 Å². The Labute approximate surface area is 166 Å². The summed E-state index contributed by atoms with van der Waals surface area (Å²) in [5.74, 6) is 0.0989. The summed E-state index contributed by atoms with van der Waals surface area (Å²) in [6.45, 7) is -0.817. The number of nitrogens with two attached hydrogens (primary N) is 1. The van der Waals surface area contributed by atoms with Crippen LogP contribution < -0.4 is 5.73 Å². The van der Waals surface area contributed by atoms with E-state index in [0.29, 0.717) is 5.16 Å². The second-order valence-electron chi connectivity index (χ2n) is 5.80. The van der Waals surface area contributed by atoms with Crippen LogP contribution in [0.25, 0.3) is 11.2 Å². The maximum Gasteiger partial charge on any atom is 0.481 e. The lowest BCUT2D eigenvalue weighted by Crippen LogP contribution is -2.33. The topological polar surface area (TPSA) is 233 Å². The minimum Gasteiger partial charge on any atom is -0.387 e. The van der Waals surface area contributed by atoms with E-state index in [1.807, 2.05) is 0 Å². The molecule has 29 heavy (non-hydrogen) atoms. The lowest BCUT2D eigenvalue weighted by Gasteiger charge is -2.17. The van der Waals surface area contributed by atoms with Gasteiger partial charge in [-0.15, -0.1) is 0 Å². The Hall–Kier alpha value is -1.16. The van der Waals surface area contributed by atoms with Gasteiger partial charge in [-0.1, -0.05) is 11.8 Å². The first-order chi connectivity index (χ1) is 13.4. The van der Waals surface area contributed by atoms with Gasteiger partial charge in [0.25, 0.3) is 0 Å². The predicted octanol–water partition coefficient (Wildman–Crippen LogP) is -1.02. The SMILES string of the molecule is CSc1nc(N)c2ncn([C@@H]3O[C@H](COP(=O)(O)OP(=O)(O)O)C(O)[C@@H]3O)c2n1. The molecule has 0 amide bonds. The summed E-state index contributed by atoms with van der Waals surface area (Å²) in [6.07, 6.45) is -2.66. The third kappa shape index (κ3) is 4.95. The summed E-state index contributed by atoms with van der Waals surface area (Å²) in [5.41, 5.74) is 6.29. The van der Waals surface area contributed by atoms with Crippen molar-refractivity contribution in [2.75, 3.05) is 18.6 Å². The van der Waals surface area contributed by atoms with Gasteiger partial charge in [0.05, 0.1) is 12.9 Å². The zero-order chi connectivity index (χ0) is 21.6. The lowest BCUT2D eigenvalue weighted by molar-refractivity contribution is -0.0503. The van der Waals surface area contributed by atoms with Crippen LogP contribution in [0.4, 0.5) is 5.82 Å². The Balaban J connectivity index is 1.80. The Bertz CT molecular complexity index is 1000. The van der Waals surface area contributed by atoms with E-state index in [0.717, 1.165) is 0 Å². The third-order valence-corrected chi connectivity index (χ3v) is 6.53. The van der Waals surface area contributed by atoms with Crippen molar-refractivity contribution in [3.63, 3.8) is 0 Å². The molecule has 0 radical (unpaired) electrons. The van der Waals surface area contributed by atoms with Crippen LogP contribution >= 0.6 is 27.4 Å². The van der Waals surface area contributed by atoms with E-state index in [-0.39, 0.29) is 17.0 Å². The van der Waals surface area contributed by atoms with E-state index in [1.165, 1.54) is 22.7 Å². The molecule has 0 bridgehead atoms. The summed E-state index contributed by atoms with van der Waals surface area (Å²) in [4.78, 5) is 38.8. The zero-order valence-electron chi connectivity index (χ0n) is 14.5. The maximum absolute atomic E-state index is 11.5. The van der Waals surface area contributed by atoms with Crippen molar-refractivity contribution in [1.82, 2.24) is 19.5 Å². The Morgan fingerprint density at radius 3 is 2.59 bits per heavy atom. The molecule has 1 aliphatic rings. The van der Waals surface area contributed by atoms with Gasteiger partial charge in [0.15, 0.2) is 22.8 Å². The molecular weight excluding hydrogens is 456 g/mol. The highest BCUT2D eigenvalue weighted by molar-refractivity contribution is 7.98. The fourth-order valence-corrected chi connectivity index (χ4v) is 4.58. The summed E-state index contributed by atoms with van der Waals surface area (Å²) >= 11 is 1.22. The number of nitrogen functional groups attached to an aromatic ring is 1. The standard InChI is InChI=1S/C11H17N5O10P2S/c1-29-11-14-8(12)5-9(15-11)16(3-13-5)10-7(18)6(17)4(25-10)2-24-28(22,23)26-27(19,20)21/h3-4,6-7,10,17-18H,2H2,1H3,(H,22,23)(H2,12,14,15)(H2,19,20,21)/t4-,6?,7+,10-/m1/s1. The molecule has 0 aromatic carbocycles. The highest BCUT2D eigenvalue weighted by atomic mass is 32.2. The average molecular weight is 473 g/mol. The van der Waals surface area contributed by atoms with E-state index < -0.39 is 46.8 Å². The third-order valence-electron chi connectivity index (χ3n) is 3.83. The van der Waals surface area contributed by atoms with Crippen LogP contribution in [0.5, 0.6) is 0 Å². The molecule has 2 unspecified atom stereocenters. The van der Waals surface area contributed by atoms with Crippen LogP contribution in [0.15, 0.2) is 11.5 Å². The maximum atomic E-state index is 11.5. The van der Waals surface area contributed by atoms with Crippen molar-refractivity contribution in [3.05, 3.63) is 6.33 Å². The Morgan fingerprint density at radius 2 is 1.97 bits per heavy atom. The molecular formula is C11H17N5O10P2S. The fourth-order valence-electron chi connectivity index (χ4n) is 2.62. The van der Waals surface area contributed by atoms with Crippen molar-refractivity contribution >= 4 is 44.4 Å². The summed E-state index contributed by atoms with van der Waals surface area (Å²) in [5, 5.41) is 20.8. The van der Waals surface area contributed by atoms with Gasteiger partial charge in [-0.2, -0.15) is 4.31 Å². The first kappa shape index (κ1) is 22.5. The summed E-state index contributed by atoms with van der Waals surface area (Å²) < 4.78 is 37.1. The number of hydrogen-bond acceptors (Lipinski definition) is 12. The molecule has 2 aromatic rings. The number of ether oxygens (including phenoxy) is 1. The minimum atomic E-state index is -5.30. The van der Waals surface area contributed by atoms with Crippen molar-refractivity contribution in [2.24, 2.45) is 0 Å². The predicted molar refractivity (Wildman–Crippen MR) is 96.3 cm³/mol. The smallest absolute Gasteiger partial charge is 0.387 e. The van der Waals surface area contributed by atoms with Crippen molar-refractivity contribution in [1.29, 1.82) is 0 Å². The normalized spacial score (nSPS) is 27.4. The molecule has 18 heteroatoms. The van der Waals surface area contributed by atoms with E-state index >= 15 is 0 Å². The molecule has 3 rings (SSSR count). The molecule has 0 saturated carbocycles. The quantitative estimate of drug-likeness (QED) is 0.160. The molecule has 1 fully saturated rings. The van der Waals surface area contributed by atoms with Crippen LogP contribution in [0.1, 0.15) is 6.23 Å². The Kier molecular flexibility index (Phi) is 6.34. The number of thioether (sulfide) groups is 1. The van der Waals surface area contributed by atoms with E-state index in [9.17, 15) is 24.2 Å². The molecule has 3 heterocycles. The number of phosphoric ester groups is 1. The summed E-state index contributed by atoms with van der Waals surface area (Å²) in [7, 11) is -10.4. The minimum absolute atomic E-state index is 0.0989. The van der Waals surface area contributed by atoms with Crippen molar-refractivity contribution < 1.29 is 47.6 Å². The number of aliphatic hydroxyl groups is 2. The fraction of sp³-hybridized carbons (Fsp3) is 0.545. The van der Waals surface area contributed by atoms with Gasteiger partial charge in [0, 0.05) is 0 Å². The molecule has 15 nitrogen and oxygen atoms in total. The van der Waals surface area contributed by atoms with Gasteiger partial charge in [-0.05, 0) is 6.26 Å². The number of fused-ring (bicyclic) bond motifs is 1. The number of anilines is 1. The van der Waals surface area contributed by atoms with Crippen LogP contribution in [0, 0.1) is 0 Å². The highest BCUT2D eigenvalue weighted by Crippen LogP contribution is 2.57. The van der Waals surface area contributed by atoms with Gasteiger partial charge in [-0.3, -0.25) is 9.09 Å². The summed E-state index contributed by atoms with van der Waals surface area (Å²) in [6, 6.07) is 0. The Morgan fingerprint density at radius 1 is 1.28 bits per heavy atom. The number of rotatable bonds is 7. The molecule has 0 aliphatic carbocycles. The first-order valence-corrected chi connectivity index (χ1v) is 12.0. The van der Waals surface area contributed by atoms with E-state index in [1.54, 1.807) is 6.26 Å². The molecule has 0 spiro atoms. The second kappa shape index (κ2) is 8.17. The number of hydrogen-bond donors (Lipinski definition) is 6. The van der Waals surface area contributed by atoms with Gasteiger partial charge >= 0.3 is 15.6 Å². The number of imidazole rings is 1. The molecule has 2 aromatic heterocycles. The van der Waals surface area contributed by atoms with Crippen LogP contribution in [0.2, 0.25) is 0 Å². The average Bonchev–Trinajstić information content (AvgIpc) is 3.13.